The van der Waals surface area contributed by atoms with Crippen LogP contribution in [0.2, 0.25) is 0 Å². The lowest BCUT2D eigenvalue weighted by Gasteiger charge is -2.15. The van der Waals surface area contributed by atoms with Gasteiger partial charge in [0.25, 0.3) is 0 Å². The van der Waals surface area contributed by atoms with Gasteiger partial charge >= 0.3 is 0 Å². The summed E-state index contributed by atoms with van der Waals surface area (Å²) in [6.45, 7) is 0. The molecule has 0 amide bonds. The fourth-order valence-corrected chi connectivity index (χ4v) is 4.20. The van der Waals surface area contributed by atoms with Gasteiger partial charge in [-0.25, -0.2) is 14.1 Å². The number of rotatable bonds is 5. The summed E-state index contributed by atoms with van der Waals surface area (Å²) in [5, 5.41) is 10.2. The maximum absolute atomic E-state index is 13.8. The Morgan fingerprint density at radius 3 is 2.53 bits per heavy atom. The highest BCUT2D eigenvalue weighted by molar-refractivity contribution is 6.08. The number of nitrogens with zero attached hydrogens (tertiary/aromatic N) is 3. The number of methoxy groups -OCH3 is 2. The van der Waals surface area contributed by atoms with E-state index in [0.717, 1.165) is 40.5 Å². The van der Waals surface area contributed by atoms with Crippen LogP contribution in [0.4, 0.5) is 10.2 Å². The smallest absolute Gasteiger partial charge is 0.162 e. The molecule has 0 unspecified atom stereocenters. The lowest BCUT2D eigenvalue weighted by molar-refractivity contribution is 0.356. The molecule has 2 aromatic carbocycles. The molecule has 0 bridgehead atoms. The van der Waals surface area contributed by atoms with E-state index in [1.54, 1.807) is 25.0 Å². The van der Waals surface area contributed by atoms with Crippen molar-refractivity contribution in [3.8, 4) is 17.2 Å². The molecule has 5 rings (SSSR count). The van der Waals surface area contributed by atoms with Crippen molar-refractivity contribution in [2.45, 2.75) is 31.7 Å². The number of anilines is 1. The quantitative estimate of drug-likeness (QED) is 0.501. The van der Waals surface area contributed by atoms with Crippen LogP contribution in [0.1, 0.15) is 25.7 Å². The Morgan fingerprint density at radius 1 is 1.03 bits per heavy atom. The van der Waals surface area contributed by atoms with Crippen LogP contribution in [0.5, 0.6) is 11.5 Å². The number of pyridine rings is 1. The van der Waals surface area contributed by atoms with E-state index in [0.29, 0.717) is 23.2 Å². The number of nitrogens with one attached hydrogen (secondary N) is 1. The fourth-order valence-electron chi connectivity index (χ4n) is 4.20. The molecule has 0 saturated heterocycles. The fraction of sp³-hybridized carbons (Fsp3) is 0.304. The summed E-state index contributed by atoms with van der Waals surface area (Å²) >= 11 is 0. The van der Waals surface area contributed by atoms with Gasteiger partial charge in [-0.15, -0.1) is 0 Å². The molecule has 1 saturated carbocycles. The van der Waals surface area contributed by atoms with Crippen molar-refractivity contribution in [2.75, 3.05) is 19.5 Å². The molecule has 30 heavy (non-hydrogen) atoms. The van der Waals surface area contributed by atoms with Crippen LogP contribution < -0.4 is 14.8 Å². The molecule has 6 nitrogen and oxygen atoms in total. The summed E-state index contributed by atoms with van der Waals surface area (Å²) in [6.07, 6.45) is 6.62. The third kappa shape index (κ3) is 3.20. The Balaban J connectivity index is 1.75. The van der Waals surface area contributed by atoms with E-state index in [9.17, 15) is 4.39 Å². The van der Waals surface area contributed by atoms with Crippen molar-refractivity contribution < 1.29 is 13.9 Å². The van der Waals surface area contributed by atoms with Gasteiger partial charge in [0, 0.05) is 23.7 Å². The van der Waals surface area contributed by atoms with Gasteiger partial charge in [-0.3, -0.25) is 0 Å². The van der Waals surface area contributed by atoms with E-state index in [2.05, 4.69) is 5.32 Å². The predicted octanol–water partition coefficient (Wildman–Crippen LogP) is 5.08. The standard InChI is InChI=1S/C23H23FN4O2/c1-29-20-11-17-19(12-21(20)30-2)26-23(25-15-7-3-4-8-15)18-13-28(27-22(17)18)16-9-5-6-14(24)10-16/h5-6,9-13,15H,3-4,7-8H2,1-2H3,(H,25,26). The molecule has 0 radical (unpaired) electrons. The number of hydrogen-bond donors (Lipinski definition) is 1. The zero-order chi connectivity index (χ0) is 20.7. The lowest BCUT2D eigenvalue weighted by atomic mass is 10.1. The minimum atomic E-state index is -0.300. The highest BCUT2D eigenvalue weighted by Crippen LogP contribution is 2.37. The van der Waals surface area contributed by atoms with Crippen molar-refractivity contribution in [1.29, 1.82) is 0 Å². The minimum Gasteiger partial charge on any atom is -0.493 e. The molecule has 1 aliphatic carbocycles. The van der Waals surface area contributed by atoms with Crippen molar-refractivity contribution in [3.05, 3.63) is 48.4 Å². The number of benzene rings is 2. The molecule has 4 aromatic rings. The highest BCUT2D eigenvalue weighted by Gasteiger charge is 2.20. The van der Waals surface area contributed by atoms with Crippen LogP contribution >= 0.6 is 0 Å². The van der Waals surface area contributed by atoms with Gasteiger partial charge < -0.3 is 14.8 Å². The molecule has 7 heteroatoms. The molecule has 2 aromatic heterocycles. The third-order valence-electron chi connectivity index (χ3n) is 5.73. The van der Waals surface area contributed by atoms with Gasteiger partial charge in [0.05, 0.1) is 30.8 Å². The van der Waals surface area contributed by atoms with Crippen molar-refractivity contribution in [2.24, 2.45) is 0 Å². The summed E-state index contributed by atoms with van der Waals surface area (Å²) in [5.74, 6) is 1.73. The van der Waals surface area contributed by atoms with E-state index in [1.807, 2.05) is 24.4 Å². The second-order valence-electron chi connectivity index (χ2n) is 7.63. The summed E-state index contributed by atoms with van der Waals surface area (Å²) in [4.78, 5) is 4.90. The largest absolute Gasteiger partial charge is 0.493 e. The van der Waals surface area contributed by atoms with Gasteiger partial charge in [0.1, 0.15) is 17.2 Å². The van der Waals surface area contributed by atoms with Gasteiger partial charge in [-0.2, -0.15) is 5.10 Å². The SMILES string of the molecule is COc1cc2nc(NC3CCCC3)c3cn(-c4cccc(F)c4)nc3c2cc1OC. The van der Waals surface area contributed by atoms with E-state index in [4.69, 9.17) is 19.6 Å². The number of halogens is 1. The first kappa shape index (κ1) is 18.7. The molecular formula is C23H23FN4O2. The molecule has 1 aliphatic rings. The first-order valence-corrected chi connectivity index (χ1v) is 10.1. The van der Waals surface area contributed by atoms with Gasteiger partial charge in [-0.05, 0) is 37.1 Å². The van der Waals surface area contributed by atoms with Crippen LogP contribution in [0.3, 0.4) is 0 Å². The normalized spacial score (nSPS) is 14.5. The average Bonchev–Trinajstić information content (AvgIpc) is 3.43. The van der Waals surface area contributed by atoms with E-state index < -0.39 is 0 Å². The summed E-state index contributed by atoms with van der Waals surface area (Å²) in [5.41, 5.74) is 2.21. The predicted molar refractivity (Wildman–Crippen MR) is 115 cm³/mol. The molecule has 0 spiro atoms. The number of ether oxygens (including phenoxy) is 2. The van der Waals surface area contributed by atoms with E-state index >= 15 is 0 Å². The topological polar surface area (TPSA) is 61.2 Å². The monoisotopic (exact) mass is 406 g/mol. The Kier molecular flexibility index (Phi) is 4.65. The van der Waals surface area contributed by atoms with Gasteiger partial charge in [0.2, 0.25) is 0 Å². The first-order valence-electron chi connectivity index (χ1n) is 10.1. The van der Waals surface area contributed by atoms with E-state index in [-0.39, 0.29) is 5.82 Å². The molecule has 2 heterocycles. The molecule has 0 atom stereocenters. The number of fused-ring (bicyclic) bond motifs is 3. The van der Waals surface area contributed by atoms with Crippen LogP contribution in [-0.2, 0) is 0 Å². The maximum Gasteiger partial charge on any atom is 0.162 e. The lowest BCUT2D eigenvalue weighted by Crippen LogP contribution is -2.15. The highest BCUT2D eigenvalue weighted by atomic mass is 19.1. The summed E-state index contributed by atoms with van der Waals surface area (Å²) in [7, 11) is 3.22. The van der Waals surface area contributed by atoms with Crippen LogP contribution in [0, 0.1) is 5.82 Å². The number of hydrogen-bond acceptors (Lipinski definition) is 5. The van der Waals surface area contributed by atoms with Gasteiger partial charge in [0.15, 0.2) is 11.5 Å². The van der Waals surface area contributed by atoms with Crippen molar-refractivity contribution >= 4 is 27.6 Å². The third-order valence-corrected chi connectivity index (χ3v) is 5.73. The van der Waals surface area contributed by atoms with Gasteiger partial charge in [-0.1, -0.05) is 18.9 Å². The molecule has 1 fully saturated rings. The van der Waals surface area contributed by atoms with E-state index in [1.165, 1.54) is 25.0 Å². The average molecular weight is 406 g/mol. The second-order valence-corrected chi connectivity index (χ2v) is 7.63. The Labute approximate surface area is 173 Å². The Morgan fingerprint density at radius 2 is 1.80 bits per heavy atom. The van der Waals surface area contributed by atoms with Crippen LogP contribution in [0.15, 0.2) is 42.6 Å². The molecule has 0 aliphatic heterocycles. The van der Waals surface area contributed by atoms with Crippen LogP contribution in [-0.4, -0.2) is 35.0 Å². The Bertz CT molecular complexity index is 1230. The molecule has 1 N–H and O–H groups in total. The van der Waals surface area contributed by atoms with Crippen molar-refractivity contribution in [3.63, 3.8) is 0 Å². The summed E-state index contributed by atoms with van der Waals surface area (Å²) in [6, 6.07) is 10.6. The maximum atomic E-state index is 13.8. The second kappa shape index (κ2) is 7.48. The molecular weight excluding hydrogens is 383 g/mol. The van der Waals surface area contributed by atoms with Crippen LogP contribution in [0.25, 0.3) is 27.5 Å². The molecule has 154 valence electrons. The minimum absolute atomic E-state index is 0.300. The first-order chi connectivity index (χ1) is 14.7. The van der Waals surface area contributed by atoms with Crippen molar-refractivity contribution in [1.82, 2.24) is 14.8 Å². The summed E-state index contributed by atoms with van der Waals surface area (Å²) < 4.78 is 26.4. The zero-order valence-electron chi connectivity index (χ0n) is 17.0. The zero-order valence-corrected chi connectivity index (χ0v) is 17.0. The Hall–Kier alpha value is -3.35. The number of aromatic nitrogens is 3.